The van der Waals surface area contributed by atoms with Crippen molar-refractivity contribution in [3.63, 3.8) is 0 Å². The first-order chi connectivity index (χ1) is 12.8. The lowest BCUT2D eigenvalue weighted by molar-refractivity contribution is 0.0723. The molecule has 0 unspecified atom stereocenters. The second-order valence-corrected chi connectivity index (χ2v) is 7.32. The molecule has 1 amide bonds. The summed E-state index contributed by atoms with van der Waals surface area (Å²) in [7, 11) is 0. The highest BCUT2D eigenvalue weighted by atomic mass is 16.2. The predicted molar refractivity (Wildman–Crippen MR) is 97.8 cm³/mol. The highest BCUT2D eigenvalue weighted by Crippen LogP contribution is 2.38. The number of likely N-dealkylation sites (tertiary alicyclic amines) is 1. The quantitative estimate of drug-likeness (QED) is 0.728. The Kier molecular flexibility index (Phi) is 3.69. The van der Waals surface area contributed by atoms with Crippen LogP contribution in [0.25, 0.3) is 10.9 Å². The van der Waals surface area contributed by atoms with Gasteiger partial charge in [0.25, 0.3) is 5.91 Å². The van der Waals surface area contributed by atoms with Crippen molar-refractivity contribution in [1.29, 1.82) is 0 Å². The molecular weight excluding hydrogens is 326 g/mol. The maximum atomic E-state index is 13.2. The number of hydrogen-bond acceptors (Lipinski definition) is 4. The van der Waals surface area contributed by atoms with Crippen molar-refractivity contribution in [3.05, 3.63) is 54.0 Å². The molecule has 132 valence electrons. The summed E-state index contributed by atoms with van der Waals surface area (Å²) in [4.78, 5) is 19.7. The standard InChI is InChI=1S/C20H21N5O/c26-20(17-7-1-4-15-5-2-10-21-19(15)17)25-11-3-6-16(25)12-24-13-18(22-23-24)14-8-9-14/h1-2,4-5,7,10,13-14,16H,3,6,8-9,11-12H2/t16-/m0/s1. The lowest BCUT2D eigenvalue weighted by Crippen LogP contribution is -2.38. The van der Waals surface area contributed by atoms with Gasteiger partial charge in [-0.05, 0) is 37.8 Å². The molecule has 3 heterocycles. The van der Waals surface area contributed by atoms with Gasteiger partial charge in [-0.2, -0.15) is 0 Å². The van der Waals surface area contributed by atoms with E-state index >= 15 is 0 Å². The van der Waals surface area contributed by atoms with E-state index in [1.54, 1.807) is 6.20 Å². The number of carbonyl (C=O) groups excluding carboxylic acids is 1. The lowest BCUT2D eigenvalue weighted by Gasteiger charge is -2.25. The summed E-state index contributed by atoms with van der Waals surface area (Å²) in [6.45, 7) is 1.50. The molecular formula is C20H21N5O. The fourth-order valence-electron chi connectivity index (χ4n) is 3.91. The molecule has 2 aromatic heterocycles. The van der Waals surface area contributed by atoms with Crippen LogP contribution in [0.4, 0.5) is 0 Å². The summed E-state index contributed by atoms with van der Waals surface area (Å²) >= 11 is 0. The number of benzene rings is 1. The molecule has 1 aliphatic heterocycles. The zero-order chi connectivity index (χ0) is 17.5. The van der Waals surface area contributed by atoms with Gasteiger partial charge in [-0.15, -0.1) is 5.10 Å². The Labute approximate surface area is 151 Å². The van der Waals surface area contributed by atoms with Crippen LogP contribution >= 0.6 is 0 Å². The molecule has 0 spiro atoms. The van der Waals surface area contributed by atoms with Crippen LogP contribution in [-0.4, -0.2) is 43.4 Å². The molecule has 0 radical (unpaired) electrons. The largest absolute Gasteiger partial charge is 0.334 e. The molecule has 0 N–H and O–H groups in total. The van der Waals surface area contributed by atoms with Gasteiger partial charge in [-0.1, -0.05) is 23.4 Å². The lowest BCUT2D eigenvalue weighted by atomic mass is 10.1. The summed E-state index contributed by atoms with van der Waals surface area (Å²) < 4.78 is 1.91. The minimum atomic E-state index is 0.0688. The highest BCUT2D eigenvalue weighted by molar-refractivity contribution is 6.05. The van der Waals surface area contributed by atoms with Crippen molar-refractivity contribution in [2.45, 2.75) is 44.2 Å². The molecule has 6 heteroatoms. The molecule has 1 aromatic carbocycles. The van der Waals surface area contributed by atoms with E-state index in [1.807, 2.05) is 39.9 Å². The van der Waals surface area contributed by atoms with Crippen molar-refractivity contribution >= 4 is 16.8 Å². The van der Waals surface area contributed by atoms with Crippen LogP contribution in [0, 0.1) is 0 Å². The number of rotatable bonds is 4. The Morgan fingerprint density at radius 2 is 2.04 bits per heavy atom. The van der Waals surface area contributed by atoms with E-state index in [-0.39, 0.29) is 11.9 Å². The van der Waals surface area contributed by atoms with Crippen LogP contribution in [-0.2, 0) is 6.54 Å². The number of aromatic nitrogens is 4. The van der Waals surface area contributed by atoms with Crippen LogP contribution in [0.2, 0.25) is 0 Å². The van der Waals surface area contributed by atoms with E-state index in [2.05, 4.69) is 21.5 Å². The van der Waals surface area contributed by atoms with E-state index in [0.717, 1.165) is 36.0 Å². The Bertz CT molecular complexity index is 956. The number of nitrogens with zero attached hydrogens (tertiary/aromatic N) is 5. The van der Waals surface area contributed by atoms with Gasteiger partial charge < -0.3 is 4.90 Å². The smallest absolute Gasteiger partial charge is 0.256 e. The zero-order valence-electron chi connectivity index (χ0n) is 14.6. The average Bonchev–Trinajstić information content (AvgIpc) is 3.25. The van der Waals surface area contributed by atoms with Gasteiger partial charge in [0.15, 0.2) is 0 Å². The van der Waals surface area contributed by atoms with Crippen molar-refractivity contribution in [2.75, 3.05) is 6.54 Å². The van der Waals surface area contributed by atoms with E-state index in [4.69, 9.17) is 0 Å². The first-order valence-electron chi connectivity index (χ1n) is 9.34. The monoisotopic (exact) mass is 347 g/mol. The van der Waals surface area contributed by atoms with Crippen molar-refractivity contribution in [3.8, 4) is 0 Å². The molecule has 1 atom stereocenters. The van der Waals surface area contributed by atoms with Gasteiger partial charge >= 0.3 is 0 Å². The van der Waals surface area contributed by atoms with Crippen molar-refractivity contribution in [2.24, 2.45) is 0 Å². The molecule has 1 aliphatic carbocycles. The third kappa shape index (κ3) is 2.75. The SMILES string of the molecule is O=C(c1cccc2cccnc12)N1CCC[C@H]1Cn1cc(C2CC2)nn1. The summed E-state index contributed by atoms with van der Waals surface area (Å²) in [5, 5.41) is 9.56. The fourth-order valence-corrected chi connectivity index (χ4v) is 3.91. The molecule has 0 bridgehead atoms. The second kappa shape index (κ2) is 6.20. The summed E-state index contributed by atoms with van der Waals surface area (Å²) in [6, 6.07) is 9.87. The first-order valence-corrected chi connectivity index (χ1v) is 9.34. The van der Waals surface area contributed by atoms with Crippen LogP contribution in [0.3, 0.4) is 0 Å². The molecule has 3 aromatic rings. The number of pyridine rings is 1. The topological polar surface area (TPSA) is 63.9 Å². The Hall–Kier alpha value is -2.76. The van der Waals surface area contributed by atoms with Crippen molar-refractivity contribution in [1.82, 2.24) is 24.9 Å². The van der Waals surface area contributed by atoms with Gasteiger partial charge in [-0.3, -0.25) is 14.5 Å². The predicted octanol–water partition coefficient (Wildman–Crippen LogP) is 3.01. The third-order valence-electron chi connectivity index (χ3n) is 5.45. The molecule has 1 saturated carbocycles. The van der Waals surface area contributed by atoms with E-state index in [9.17, 15) is 4.79 Å². The Morgan fingerprint density at radius 3 is 2.92 bits per heavy atom. The minimum absolute atomic E-state index is 0.0688. The highest BCUT2D eigenvalue weighted by Gasteiger charge is 2.32. The third-order valence-corrected chi connectivity index (χ3v) is 5.45. The van der Waals surface area contributed by atoms with Crippen LogP contribution in [0.1, 0.15) is 47.7 Å². The molecule has 26 heavy (non-hydrogen) atoms. The first kappa shape index (κ1) is 15.5. The number of para-hydroxylation sites is 1. The molecule has 5 rings (SSSR count). The van der Waals surface area contributed by atoms with Crippen LogP contribution in [0.5, 0.6) is 0 Å². The van der Waals surface area contributed by atoms with E-state index in [0.29, 0.717) is 18.0 Å². The summed E-state index contributed by atoms with van der Waals surface area (Å²) in [5.41, 5.74) is 2.56. The molecule has 2 aliphatic rings. The molecule has 1 saturated heterocycles. The number of fused-ring (bicyclic) bond motifs is 1. The second-order valence-electron chi connectivity index (χ2n) is 7.32. The van der Waals surface area contributed by atoms with Gasteiger partial charge in [0.05, 0.1) is 29.4 Å². The van der Waals surface area contributed by atoms with Gasteiger partial charge in [0, 0.05) is 30.2 Å². The Morgan fingerprint density at radius 1 is 1.15 bits per heavy atom. The molecule has 6 nitrogen and oxygen atoms in total. The van der Waals surface area contributed by atoms with Gasteiger partial charge in [0.2, 0.25) is 0 Å². The summed E-state index contributed by atoms with van der Waals surface area (Å²) in [5.74, 6) is 0.672. The Balaban J connectivity index is 1.39. The van der Waals surface area contributed by atoms with E-state index in [1.165, 1.54) is 12.8 Å². The maximum absolute atomic E-state index is 13.2. The number of amides is 1. The van der Waals surface area contributed by atoms with E-state index < -0.39 is 0 Å². The van der Waals surface area contributed by atoms with Crippen LogP contribution < -0.4 is 0 Å². The fraction of sp³-hybridized carbons (Fsp3) is 0.400. The average molecular weight is 347 g/mol. The van der Waals surface area contributed by atoms with Gasteiger partial charge in [-0.25, -0.2) is 0 Å². The molecule has 2 fully saturated rings. The van der Waals surface area contributed by atoms with Crippen molar-refractivity contribution < 1.29 is 4.79 Å². The zero-order valence-corrected chi connectivity index (χ0v) is 14.6. The van der Waals surface area contributed by atoms with Crippen LogP contribution in [0.15, 0.2) is 42.7 Å². The number of hydrogen-bond donors (Lipinski definition) is 0. The number of carbonyl (C=O) groups is 1. The normalized spacial score (nSPS) is 20.0. The maximum Gasteiger partial charge on any atom is 0.256 e. The van der Waals surface area contributed by atoms with Gasteiger partial charge in [0.1, 0.15) is 0 Å². The minimum Gasteiger partial charge on any atom is -0.334 e. The summed E-state index contributed by atoms with van der Waals surface area (Å²) in [6.07, 6.45) is 8.27.